The Kier molecular flexibility index (Phi) is 7.86. The molecule has 1 atom stereocenters. The minimum absolute atomic E-state index is 0.517. The number of piperazine rings is 1. The molecule has 1 saturated heterocycles. The molecule has 0 amide bonds. The number of aliphatic hydroxyl groups is 1. The Morgan fingerprint density at radius 2 is 1.61 bits per heavy atom. The zero-order valence-electron chi connectivity index (χ0n) is 18.7. The van der Waals surface area contributed by atoms with E-state index < -0.39 is 18.0 Å². The van der Waals surface area contributed by atoms with Crippen molar-refractivity contribution < 1.29 is 23.0 Å². The summed E-state index contributed by atoms with van der Waals surface area (Å²) in [5.41, 5.74) is 0.996. The lowest BCUT2D eigenvalue weighted by Gasteiger charge is -2.36. The first-order valence-corrected chi connectivity index (χ1v) is 12.1. The number of aliphatic hydroxyl groups excluding tert-OH is 1. The molecule has 2 aliphatic heterocycles. The van der Waals surface area contributed by atoms with Crippen molar-refractivity contribution in [2.75, 3.05) is 57.3 Å². The van der Waals surface area contributed by atoms with Crippen LogP contribution in [-0.4, -0.2) is 73.6 Å². The molecule has 1 unspecified atom stereocenters. The number of hydrogen-bond donors (Lipinski definition) is 1. The number of rotatable bonds is 8. The molecular formula is C24H30F3N3O2S. The van der Waals surface area contributed by atoms with E-state index in [2.05, 4.69) is 9.80 Å². The lowest BCUT2D eigenvalue weighted by molar-refractivity contribution is -0.137. The van der Waals surface area contributed by atoms with E-state index in [4.69, 9.17) is 4.74 Å². The number of fused-ring (bicyclic) bond motifs is 2. The zero-order chi connectivity index (χ0) is 23.4. The summed E-state index contributed by atoms with van der Waals surface area (Å²) in [5, 5.41) is 9.20. The van der Waals surface area contributed by atoms with Crippen LogP contribution in [0.1, 0.15) is 18.9 Å². The quantitative estimate of drug-likeness (QED) is 0.553. The van der Waals surface area contributed by atoms with Crippen LogP contribution in [0, 0.1) is 0 Å². The Bertz CT molecular complexity index is 933. The van der Waals surface area contributed by atoms with Crippen molar-refractivity contribution in [3.8, 4) is 0 Å². The average Bonchev–Trinajstić information content (AvgIpc) is 2.78. The van der Waals surface area contributed by atoms with Gasteiger partial charge in [0.15, 0.2) is 6.29 Å². The van der Waals surface area contributed by atoms with Gasteiger partial charge >= 0.3 is 6.18 Å². The monoisotopic (exact) mass is 481 g/mol. The van der Waals surface area contributed by atoms with Crippen molar-refractivity contribution in [2.45, 2.75) is 35.6 Å². The van der Waals surface area contributed by atoms with Crippen molar-refractivity contribution in [3.63, 3.8) is 0 Å². The fourth-order valence-electron chi connectivity index (χ4n) is 4.29. The third-order valence-corrected chi connectivity index (χ3v) is 7.17. The van der Waals surface area contributed by atoms with Crippen molar-refractivity contribution >= 4 is 23.1 Å². The summed E-state index contributed by atoms with van der Waals surface area (Å²) in [6.45, 7) is 8.30. The highest BCUT2D eigenvalue weighted by Gasteiger charge is 2.33. The van der Waals surface area contributed by atoms with Crippen LogP contribution in [0.25, 0.3) is 0 Å². The Morgan fingerprint density at radius 3 is 2.30 bits per heavy atom. The lowest BCUT2D eigenvalue weighted by Crippen LogP contribution is -2.47. The van der Waals surface area contributed by atoms with E-state index >= 15 is 0 Å². The smallest absolute Gasteiger partial charge is 0.368 e. The van der Waals surface area contributed by atoms with Crippen molar-refractivity contribution in [2.24, 2.45) is 0 Å². The number of benzene rings is 2. The van der Waals surface area contributed by atoms with Gasteiger partial charge in [0.25, 0.3) is 0 Å². The molecule has 1 N–H and O–H groups in total. The maximum atomic E-state index is 13.4. The lowest BCUT2D eigenvalue weighted by atomic mass is 10.1. The second kappa shape index (κ2) is 10.7. The number of hydrogen-bond acceptors (Lipinski definition) is 6. The Hall–Kier alpha value is -1.78. The molecule has 33 heavy (non-hydrogen) atoms. The molecule has 0 radical (unpaired) electrons. The SMILES string of the molecule is CC(O)OCCN1CCN(CCCN2c3ccccc3Sc3ccc(C(F)(F)F)cc32)CC1. The normalized spacial score (nSPS) is 18.2. The molecule has 5 nitrogen and oxygen atoms in total. The molecule has 0 bridgehead atoms. The predicted octanol–water partition coefficient (Wildman–Crippen LogP) is 4.67. The molecule has 2 aliphatic rings. The predicted molar refractivity (Wildman–Crippen MR) is 124 cm³/mol. The van der Waals surface area contributed by atoms with E-state index in [0.717, 1.165) is 61.2 Å². The van der Waals surface area contributed by atoms with E-state index in [-0.39, 0.29) is 0 Å². The van der Waals surface area contributed by atoms with E-state index in [9.17, 15) is 18.3 Å². The molecule has 0 spiro atoms. The zero-order valence-corrected chi connectivity index (χ0v) is 19.5. The number of nitrogens with zero attached hydrogens (tertiary/aromatic N) is 3. The molecule has 1 fully saturated rings. The van der Waals surface area contributed by atoms with Crippen LogP contribution in [0.2, 0.25) is 0 Å². The molecule has 9 heteroatoms. The minimum Gasteiger partial charge on any atom is -0.368 e. The Morgan fingerprint density at radius 1 is 0.939 bits per heavy atom. The van der Waals surface area contributed by atoms with Gasteiger partial charge in [-0.2, -0.15) is 13.2 Å². The summed E-state index contributed by atoms with van der Waals surface area (Å²) >= 11 is 1.52. The van der Waals surface area contributed by atoms with Crippen LogP contribution in [0.15, 0.2) is 52.3 Å². The van der Waals surface area contributed by atoms with Crippen LogP contribution in [-0.2, 0) is 10.9 Å². The molecule has 0 aromatic heterocycles. The third-order valence-electron chi connectivity index (χ3n) is 6.04. The summed E-state index contributed by atoms with van der Waals surface area (Å²) in [6.07, 6.45) is -4.23. The van der Waals surface area contributed by atoms with E-state index in [1.807, 2.05) is 29.2 Å². The van der Waals surface area contributed by atoms with Gasteiger partial charge in [-0.1, -0.05) is 23.9 Å². The largest absolute Gasteiger partial charge is 0.416 e. The highest BCUT2D eigenvalue weighted by atomic mass is 32.2. The molecular weight excluding hydrogens is 451 g/mol. The fourth-order valence-corrected chi connectivity index (χ4v) is 5.36. The molecule has 180 valence electrons. The molecule has 2 aromatic carbocycles. The first-order chi connectivity index (χ1) is 15.8. The van der Waals surface area contributed by atoms with Gasteiger partial charge in [-0.25, -0.2) is 0 Å². The van der Waals surface area contributed by atoms with Crippen molar-refractivity contribution in [1.82, 2.24) is 9.80 Å². The van der Waals surface area contributed by atoms with Crippen LogP contribution < -0.4 is 4.90 Å². The Labute approximate surface area is 197 Å². The molecule has 0 aliphatic carbocycles. The molecule has 2 heterocycles. The van der Waals surface area contributed by atoms with Gasteiger partial charge in [0.1, 0.15) is 0 Å². The fraction of sp³-hybridized carbons (Fsp3) is 0.500. The van der Waals surface area contributed by atoms with Gasteiger partial charge < -0.3 is 19.6 Å². The topological polar surface area (TPSA) is 39.2 Å². The van der Waals surface area contributed by atoms with Gasteiger partial charge in [-0.15, -0.1) is 0 Å². The highest BCUT2D eigenvalue weighted by Crippen LogP contribution is 2.49. The minimum atomic E-state index is -4.36. The summed E-state index contributed by atoms with van der Waals surface area (Å²) in [6, 6.07) is 12.0. The van der Waals surface area contributed by atoms with Gasteiger partial charge in [0.05, 0.1) is 23.5 Å². The van der Waals surface area contributed by atoms with Crippen molar-refractivity contribution in [3.05, 3.63) is 48.0 Å². The van der Waals surface area contributed by atoms with Gasteiger partial charge in [-0.3, -0.25) is 4.90 Å². The first kappa shape index (κ1) is 24.3. The summed E-state index contributed by atoms with van der Waals surface area (Å²) in [4.78, 5) is 8.70. The summed E-state index contributed by atoms with van der Waals surface area (Å²) < 4.78 is 45.3. The van der Waals surface area contributed by atoms with E-state index in [1.165, 1.54) is 23.9 Å². The van der Waals surface area contributed by atoms with Gasteiger partial charge in [0.2, 0.25) is 0 Å². The van der Waals surface area contributed by atoms with Crippen LogP contribution in [0.5, 0.6) is 0 Å². The van der Waals surface area contributed by atoms with E-state index in [1.54, 1.807) is 13.0 Å². The number of anilines is 2. The van der Waals surface area contributed by atoms with Gasteiger partial charge in [0, 0.05) is 49.1 Å². The standard InChI is InChI=1S/C24H30F3N3O2S/c1-18(31)32-16-15-29-13-11-28(12-14-29)9-4-10-30-20-5-2-3-6-22(20)33-23-8-7-19(17-21(23)30)24(25,26)27/h2-3,5-8,17-18,31H,4,9-16H2,1H3. The summed E-state index contributed by atoms with van der Waals surface area (Å²) in [7, 11) is 0. The van der Waals surface area contributed by atoms with E-state index in [0.29, 0.717) is 18.8 Å². The van der Waals surface area contributed by atoms with Crippen LogP contribution in [0.3, 0.4) is 0 Å². The van der Waals surface area contributed by atoms with Crippen LogP contribution in [0.4, 0.5) is 24.5 Å². The second-order valence-corrected chi connectivity index (χ2v) is 9.49. The second-order valence-electron chi connectivity index (χ2n) is 8.41. The average molecular weight is 482 g/mol. The highest BCUT2D eigenvalue weighted by molar-refractivity contribution is 7.99. The molecule has 2 aromatic rings. The molecule has 4 rings (SSSR count). The van der Waals surface area contributed by atoms with Gasteiger partial charge in [-0.05, 0) is 50.2 Å². The van der Waals surface area contributed by atoms with Crippen molar-refractivity contribution in [1.29, 1.82) is 0 Å². The Balaban J connectivity index is 1.37. The number of alkyl halides is 3. The number of para-hydroxylation sites is 1. The maximum absolute atomic E-state index is 13.4. The number of ether oxygens (including phenoxy) is 1. The van der Waals surface area contributed by atoms with Crippen LogP contribution >= 0.6 is 11.8 Å². The first-order valence-electron chi connectivity index (χ1n) is 11.3. The summed E-state index contributed by atoms with van der Waals surface area (Å²) in [5.74, 6) is 0. The number of halogens is 3. The third kappa shape index (κ3) is 6.22. The molecule has 0 saturated carbocycles. The maximum Gasteiger partial charge on any atom is 0.416 e.